The number of rotatable bonds is 6. The van der Waals surface area contributed by atoms with Crippen LogP contribution < -0.4 is 11.2 Å². The zero-order valence-corrected chi connectivity index (χ0v) is 15.0. The Morgan fingerprint density at radius 2 is 1.89 bits per heavy atom. The highest BCUT2D eigenvalue weighted by Crippen LogP contribution is 2.29. The van der Waals surface area contributed by atoms with Gasteiger partial charge in [-0.05, 0) is 36.5 Å². The summed E-state index contributed by atoms with van der Waals surface area (Å²) in [6.07, 6.45) is 2.25. The Balaban J connectivity index is 1.82. The lowest BCUT2D eigenvalue weighted by Gasteiger charge is -2.15. The number of fused-ring (bicyclic) bond motifs is 1. The molecule has 0 spiro atoms. The Kier molecular flexibility index (Phi) is 4.49. The van der Waals surface area contributed by atoms with Crippen molar-refractivity contribution in [1.82, 2.24) is 9.55 Å². The van der Waals surface area contributed by atoms with E-state index in [-0.39, 0.29) is 23.8 Å². The molecule has 0 bridgehead atoms. The number of hydrogen-bond donors (Lipinski definition) is 1. The summed E-state index contributed by atoms with van der Waals surface area (Å²) < 4.78 is 6.85. The van der Waals surface area contributed by atoms with Gasteiger partial charge in [0.05, 0.1) is 6.61 Å². The predicted octanol–water partition coefficient (Wildman–Crippen LogP) is 2.61. The minimum absolute atomic E-state index is 0.0568. The molecule has 1 aliphatic carbocycles. The van der Waals surface area contributed by atoms with E-state index in [9.17, 15) is 14.4 Å². The van der Waals surface area contributed by atoms with Gasteiger partial charge in [-0.15, -0.1) is 0 Å². The lowest BCUT2D eigenvalue weighted by molar-refractivity contribution is 0.0626. The van der Waals surface area contributed by atoms with E-state index in [4.69, 9.17) is 4.74 Å². The lowest BCUT2D eigenvalue weighted by atomic mass is 9.98. The summed E-state index contributed by atoms with van der Waals surface area (Å²) in [7, 11) is 0. The monoisotopic (exact) mass is 364 g/mol. The first-order chi connectivity index (χ1) is 13.1. The second kappa shape index (κ2) is 6.96. The van der Waals surface area contributed by atoms with Crippen molar-refractivity contribution in [2.45, 2.75) is 26.5 Å². The molecule has 1 aliphatic rings. The molecule has 0 atom stereocenters. The molecule has 0 saturated heterocycles. The van der Waals surface area contributed by atoms with Crippen molar-refractivity contribution in [3.63, 3.8) is 0 Å². The fourth-order valence-corrected chi connectivity index (χ4v) is 3.23. The molecule has 1 fully saturated rings. The molecule has 1 saturated carbocycles. The average Bonchev–Trinajstić information content (AvgIpc) is 3.49. The van der Waals surface area contributed by atoms with Gasteiger partial charge in [0.1, 0.15) is 12.4 Å². The fourth-order valence-electron chi connectivity index (χ4n) is 3.23. The number of aromatic nitrogens is 2. The largest absolute Gasteiger partial charge is 0.360 e. The van der Waals surface area contributed by atoms with Crippen molar-refractivity contribution >= 4 is 16.6 Å². The van der Waals surface area contributed by atoms with Crippen LogP contribution in [0.3, 0.4) is 0 Å². The maximum absolute atomic E-state index is 13.3. The van der Waals surface area contributed by atoms with Gasteiger partial charge < -0.3 is 4.74 Å². The number of ketones is 1. The predicted molar refractivity (Wildman–Crippen MR) is 102 cm³/mol. The molecular weight excluding hydrogens is 344 g/mol. The van der Waals surface area contributed by atoms with Crippen LogP contribution in [-0.4, -0.2) is 21.9 Å². The summed E-state index contributed by atoms with van der Waals surface area (Å²) in [5.41, 5.74) is -0.442. The van der Waals surface area contributed by atoms with Gasteiger partial charge in [-0.2, -0.15) is 0 Å². The molecule has 27 heavy (non-hydrogen) atoms. The number of aromatic amines is 1. The van der Waals surface area contributed by atoms with Crippen LogP contribution in [0.2, 0.25) is 0 Å². The molecular formula is C21H20N2O4. The molecule has 0 radical (unpaired) electrons. The Morgan fingerprint density at radius 1 is 1.15 bits per heavy atom. The van der Waals surface area contributed by atoms with Crippen molar-refractivity contribution in [1.29, 1.82) is 0 Å². The Morgan fingerprint density at radius 3 is 2.67 bits per heavy atom. The first-order valence-electron chi connectivity index (χ1n) is 9.00. The van der Waals surface area contributed by atoms with Crippen LogP contribution in [0.5, 0.6) is 0 Å². The summed E-state index contributed by atoms with van der Waals surface area (Å²) in [5.74, 6) is 0.171. The molecule has 138 valence electrons. The molecule has 6 nitrogen and oxygen atoms in total. The van der Waals surface area contributed by atoms with Crippen molar-refractivity contribution in [2.75, 3.05) is 6.61 Å². The van der Waals surface area contributed by atoms with Crippen molar-refractivity contribution in [3.05, 3.63) is 80.1 Å². The summed E-state index contributed by atoms with van der Waals surface area (Å²) in [6, 6.07) is 13.0. The van der Waals surface area contributed by atoms with Crippen LogP contribution in [0.25, 0.3) is 10.8 Å². The zero-order valence-electron chi connectivity index (χ0n) is 15.0. The number of nitrogens with one attached hydrogen (secondary N) is 1. The van der Waals surface area contributed by atoms with Crippen LogP contribution in [0, 0.1) is 12.8 Å². The van der Waals surface area contributed by atoms with E-state index in [1.807, 2.05) is 30.3 Å². The molecule has 4 rings (SSSR count). The third-order valence-electron chi connectivity index (χ3n) is 4.95. The van der Waals surface area contributed by atoms with Crippen molar-refractivity contribution < 1.29 is 9.53 Å². The first-order valence-corrected chi connectivity index (χ1v) is 9.00. The molecule has 3 aromatic rings. The molecule has 1 heterocycles. The number of benzene rings is 2. The van der Waals surface area contributed by atoms with Crippen LogP contribution in [0.15, 0.2) is 52.1 Å². The van der Waals surface area contributed by atoms with Gasteiger partial charge in [0, 0.05) is 11.1 Å². The molecule has 2 aromatic carbocycles. The Hall–Kier alpha value is -2.99. The van der Waals surface area contributed by atoms with Gasteiger partial charge in [-0.3, -0.25) is 19.1 Å². The second-order valence-electron chi connectivity index (χ2n) is 6.96. The summed E-state index contributed by atoms with van der Waals surface area (Å²) >= 11 is 0. The van der Waals surface area contributed by atoms with Crippen molar-refractivity contribution in [2.24, 2.45) is 5.92 Å². The van der Waals surface area contributed by atoms with Crippen LogP contribution in [0.1, 0.15) is 34.5 Å². The van der Waals surface area contributed by atoms with Crippen LogP contribution in [-0.2, 0) is 11.5 Å². The third-order valence-corrected chi connectivity index (χ3v) is 4.95. The Bertz CT molecular complexity index is 1130. The summed E-state index contributed by atoms with van der Waals surface area (Å²) in [6.45, 7) is 2.04. The topological polar surface area (TPSA) is 81.2 Å². The quantitative estimate of drug-likeness (QED) is 0.682. The number of hydrogen-bond acceptors (Lipinski definition) is 4. The minimum Gasteiger partial charge on any atom is -0.360 e. The zero-order chi connectivity index (χ0) is 19.0. The first kappa shape index (κ1) is 17.4. The van der Waals surface area contributed by atoms with Gasteiger partial charge in [-0.25, -0.2) is 4.79 Å². The van der Waals surface area contributed by atoms with E-state index < -0.39 is 11.2 Å². The molecule has 0 unspecified atom stereocenters. The second-order valence-corrected chi connectivity index (χ2v) is 6.96. The number of H-pyrrole nitrogens is 1. The van der Waals surface area contributed by atoms with Crippen LogP contribution in [0.4, 0.5) is 0 Å². The van der Waals surface area contributed by atoms with E-state index >= 15 is 0 Å². The van der Waals surface area contributed by atoms with Gasteiger partial charge in [-0.1, -0.05) is 42.5 Å². The van der Waals surface area contributed by atoms with E-state index in [1.54, 1.807) is 19.1 Å². The van der Waals surface area contributed by atoms with E-state index in [1.165, 1.54) is 4.57 Å². The summed E-state index contributed by atoms with van der Waals surface area (Å²) in [5, 5.41) is 1.70. The highest BCUT2D eigenvalue weighted by atomic mass is 16.5. The Labute approximate surface area is 155 Å². The molecule has 0 amide bonds. The third kappa shape index (κ3) is 3.36. The molecule has 0 aliphatic heterocycles. The van der Waals surface area contributed by atoms with Gasteiger partial charge in [0.15, 0.2) is 0 Å². The SMILES string of the molecule is Cc1c(C(=O)c2cccc3ccccc23)n(COCC2CC2)c(=O)[nH]c1=O. The highest BCUT2D eigenvalue weighted by molar-refractivity contribution is 6.16. The smallest absolute Gasteiger partial charge is 0.330 e. The highest BCUT2D eigenvalue weighted by Gasteiger charge is 2.24. The number of carbonyl (C=O) groups is 1. The van der Waals surface area contributed by atoms with E-state index in [2.05, 4.69) is 4.98 Å². The molecule has 6 heteroatoms. The molecule has 1 aromatic heterocycles. The maximum Gasteiger partial charge on any atom is 0.330 e. The number of ether oxygens (including phenoxy) is 1. The fraction of sp³-hybridized carbons (Fsp3) is 0.286. The number of nitrogens with zero attached hydrogens (tertiary/aromatic N) is 1. The van der Waals surface area contributed by atoms with Crippen molar-refractivity contribution in [3.8, 4) is 0 Å². The lowest BCUT2D eigenvalue weighted by Crippen LogP contribution is -2.37. The minimum atomic E-state index is -0.634. The number of carbonyl (C=O) groups excluding carboxylic acids is 1. The molecule has 1 N–H and O–H groups in total. The van der Waals surface area contributed by atoms with Gasteiger partial charge >= 0.3 is 5.69 Å². The van der Waals surface area contributed by atoms with Gasteiger partial charge in [0.25, 0.3) is 5.56 Å². The maximum atomic E-state index is 13.3. The standard InChI is InChI=1S/C21H20N2O4/c1-13-18(19(24)17-8-4-6-15-5-2-3-7-16(15)17)23(21(26)22-20(13)25)12-27-11-14-9-10-14/h2-8,14H,9-12H2,1H3,(H,22,25,26). The van der Waals surface area contributed by atoms with E-state index in [0.29, 0.717) is 18.1 Å². The van der Waals surface area contributed by atoms with Crippen LogP contribution >= 0.6 is 0 Å². The summed E-state index contributed by atoms with van der Waals surface area (Å²) in [4.78, 5) is 40.1. The normalized spacial score (nSPS) is 13.8. The van der Waals surface area contributed by atoms with Gasteiger partial charge in [0.2, 0.25) is 5.78 Å². The van der Waals surface area contributed by atoms with E-state index in [0.717, 1.165) is 23.6 Å². The average molecular weight is 364 g/mol.